The Kier molecular flexibility index (Phi) is 3.45. The first-order valence-corrected chi connectivity index (χ1v) is 6.92. The van der Waals surface area contributed by atoms with Crippen molar-refractivity contribution in [2.45, 2.75) is 25.8 Å². The van der Waals surface area contributed by atoms with E-state index >= 15 is 0 Å². The third-order valence-electron chi connectivity index (χ3n) is 3.85. The number of fused-ring (bicyclic) bond motifs is 1. The molecular weight excluding hydrogens is 253 g/mol. The monoisotopic (exact) mass is 271 g/mol. The van der Waals surface area contributed by atoms with E-state index in [1.54, 1.807) is 13.0 Å². The standard InChI is InChI=1S/C17H18FNO/c1-11-4-5-14(10-15(11)18)17(19)13-6-7-16-12(9-13)3-2-8-20-16/h4-7,9-10,17H,2-3,8,19H2,1H3. The number of nitrogens with two attached hydrogens (primary N) is 1. The molecule has 0 radical (unpaired) electrons. The van der Waals surface area contributed by atoms with Gasteiger partial charge in [-0.2, -0.15) is 0 Å². The molecule has 3 rings (SSSR count). The van der Waals surface area contributed by atoms with Crippen LogP contribution in [0.2, 0.25) is 0 Å². The van der Waals surface area contributed by atoms with E-state index in [0.717, 1.165) is 36.3 Å². The number of aryl methyl sites for hydroxylation is 2. The Morgan fingerprint density at radius 1 is 1.15 bits per heavy atom. The second-order valence-electron chi connectivity index (χ2n) is 5.31. The first-order valence-electron chi connectivity index (χ1n) is 6.92. The van der Waals surface area contributed by atoms with E-state index in [-0.39, 0.29) is 11.9 Å². The minimum Gasteiger partial charge on any atom is -0.493 e. The van der Waals surface area contributed by atoms with Gasteiger partial charge in [0.1, 0.15) is 11.6 Å². The number of halogens is 1. The third-order valence-corrected chi connectivity index (χ3v) is 3.85. The summed E-state index contributed by atoms with van der Waals surface area (Å²) in [6, 6.07) is 10.9. The fourth-order valence-corrected chi connectivity index (χ4v) is 2.57. The second-order valence-corrected chi connectivity index (χ2v) is 5.31. The molecule has 2 nitrogen and oxygen atoms in total. The van der Waals surface area contributed by atoms with Crippen molar-refractivity contribution in [3.63, 3.8) is 0 Å². The molecule has 1 aliphatic rings. The number of ether oxygens (including phenoxy) is 1. The fraction of sp³-hybridized carbons (Fsp3) is 0.294. The van der Waals surface area contributed by atoms with Gasteiger partial charge in [-0.25, -0.2) is 4.39 Å². The van der Waals surface area contributed by atoms with Crippen LogP contribution >= 0.6 is 0 Å². The molecule has 3 heteroatoms. The molecule has 0 spiro atoms. The highest BCUT2D eigenvalue weighted by molar-refractivity contribution is 5.42. The number of hydrogen-bond donors (Lipinski definition) is 1. The molecule has 2 aromatic rings. The highest BCUT2D eigenvalue weighted by atomic mass is 19.1. The van der Waals surface area contributed by atoms with E-state index in [0.29, 0.717) is 5.56 Å². The highest BCUT2D eigenvalue weighted by Crippen LogP contribution is 2.29. The third kappa shape index (κ3) is 2.41. The maximum absolute atomic E-state index is 13.7. The van der Waals surface area contributed by atoms with Crippen molar-refractivity contribution in [3.05, 3.63) is 64.5 Å². The number of benzene rings is 2. The Morgan fingerprint density at radius 3 is 2.70 bits per heavy atom. The molecule has 0 aliphatic carbocycles. The molecule has 1 atom stereocenters. The predicted octanol–water partition coefficient (Wildman–Crippen LogP) is 3.51. The topological polar surface area (TPSA) is 35.2 Å². The number of hydrogen-bond acceptors (Lipinski definition) is 2. The fourth-order valence-electron chi connectivity index (χ4n) is 2.57. The van der Waals surface area contributed by atoms with Crippen LogP contribution in [0.1, 0.15) is 34.7 Å². The zero-order valence-electron chi connectivity index (χ0n) is 11.5. The molecule has 2 N–H and O–H groups in total. The molecule has 0 bridgehead atoms. The predicted molar refractivity (Wildman–Crippen MR) is 77.4 cm³/mol. The van der Waals surface area contributed by atoms with Crippen LogP contribution in [0.15, 0.2) is 36.4 Å². The van der Waals surface area contributed by atoms with Crippen LogP contribution in [0.4, 0.5) is 4.39 Å². The van der Waals surface area contributed by atoms with Crippen molar-refractivity contribution < 1.29 is 9.13 Å². The summed E-state index contributed by atoms with van der Waals surface area (Å²) in [7, 11) is 0. The zero-order valence-corrected chi connectivity index (χ0v) is 11.5. The summed E-state index contributed by atoms with van der Waals surface area (Å²) >= 11 is 0. The molecule has 1 aliphatic heterocycles. The van der Waals surface area contributed by atoms with Gasteiger partial charge in [-0.05, 0) is 54.2 Å². The van der Waals surface area contributed by atoms with Crippen LogP contribution in [-0.2, 0) is 6.42 Å². The van der Waals surface area contributed by atoms with Crippen molar-refractivity contribution in [1.82, 2.24) is 0 Å². The SMILES string of the molecule is Cc1ccc(C(N)c2ccc3c(c2)CCCO3)cc1F. The lowest BCUT2D eigenvalue weighted by atomic mass is 9.95. The first-order chi connectivity index (χ1) is 9.65. The van der Waals surface area contributed by atoms with Crippen LogP contribution in [0.3, 0.4) is 0 Å². The van der Waals surface area contributed by atoms with Crippen LogP contribution in [0, 0.1) is 12.7 Å². The molecule has 0 aromatic heterocycles. The summed E-state index contributed by atoms with van der Waals surface area (Å²) in [4.78, 5) is 0. The Labute approximate surface area is 118 Å². The summed E-state index contributed by atoms with van der Waals surface area (Å²) < 4.78 is 19.3. The van der Waals surface area contributed by atoms with Gasteiger partial charge in [0.15, 0.2) is 0 Å². The van der Waals surface area contributed by atoms with E-state index in [1.165, 1.54) is 11.6 Å². The van der Waals surface area contributed by atoms with Crippen LogP contribution in [0.5, 0.6) is 5.75 Å². The van der Waals surface area contributed by atoms with Gasteiger partial charge in [-0.1, -0.05) is 24.3 Å². The van der Waals surface area contributed by atoms with Crippen LogP contribution in [-0.4, -0.2) is 6.61 Å². The normalized spacial score (nSPS) is 15.3. The quantitative estimate of drug-likeness (QED) is 0.907. The van der Waals surface area contributed by atoms with Crippen molar-refractivity contribution in [3.8, 4) is 5.75 Å². The van der Waals surface area contributed by atoms with Crippen molar-refractivity contribution in [1.29, 1.82) is 0 Å². The summed E-state index contributed by atoms with van der Waals surface area (Å²) in [6.45, 7) is 2.53. The van der Waals surface area contributed by atoms with Gasteiger partial charge < -0.3 is 10.5 Å². The molecule has 20 heavy (non-hydrogen) atoms. The zero-order chi connectivity index (χ0) is 14.1. The van der Waals surface area contributed by atoms with Crippen molar-refractivity contribution in [2.75, 3.05) is 6.61 Å². The molecule has 0 fully saturated rings. The summed E-state index contributed by atoms with van der Waals surface area (Å²) in [5, 5.41) is 0. The van der Waals surface area contributed by atoms with E-state index in [1.807, 2.05) is 18.2 Å². The van der Waals surface area contributed by atoms with Crippen LogP contribution in [0.25, 0.3) is 0 Å². The largest absolute Gasteiger partial charge is 0.493 e. The van der Waals surface area contributed by atoms with Gasteiger partial charge in [-0.3, -0.25) is 0 Å². The van der Waals surface area contributed by atoms with Crippen molar-refractivity contribution in [2.24, 2.45) is 5.73 Å². The molecule has 0 saturated carbocycles. The Balaban J connectivity index is 1.93. The molecule has 104 valence electrons. The Bertz CT molecular complexity index is 639. The van der Waals surface area contributed by atoms with E-state index < -0.39 is 0 Å². The minimum absolute atomic E-state index is 0.209. The van der Waals surface area contributed by atoms with Gasteiger partial charge >= 0.3 is 0 Å². The average Bonchev–Trinajstić information content (AvgIpc) is 2.49. The second kappa shape index (κ2) is 5.25. The summed E-state index contributed by atoms with van der Waals surface area (Å²) in [6.07, 6.45) is 2.04. The van der Waals surface area contributed by atoms with Gasteiger partial charge in [0, 0.05) is 0 Å². The van der Waals surface area contributed by atoms with Gasteiger partial charge in [0.2, 0.25) is 0 Å². The van der Waals surface area contributed by atoms with Gasteiger partial charge in [0.05, 0.1) is 12.6 Å². The smallest absolute Gasteiger partial charge is 0.126 e. The minimum atomic E-state index is -0.308. The molecule has 0 amide bonds. The van der Waals surface area contributed by atoms with E-state index in [2.05, 4.69) is 6.07 Å². The summed E-state index contributed by atoms with van der Waals surface area (Å²) in [5.41, 5.74) is 9.88. The lowest BCUT2D eigenvalue weighted by Crippen LogP contribution is -2.14. The first kappa shape index (κ1) is 13.1. The molecule has 1 unspecified atom stereocenters. The highest BCUT2D eigenvalue weighted by Gasteiger charge is 2.15. The lowest BCUT2D eigenvalue weighted by molar-refractivity contribution is 0.288. The molecule has 2 aromatic carbocycles. The van der Waals surface area contributed by atoms with Crippen LogP contribution < -0.4 is 10.5 Å². The van der Waals surface area contributed by atoms with E-state index in [4.69, 9.17) is 10.5 Å². The maximum atomic E-state index is 13.7. The van der Waals surface area contributed by atoms with E-state index in [9.17, 15) is 4.39 Å². The van der Waals surface area contributed by atoms with Gasteiger partial charge in [-0.15, -0.1) is 0 Å². The molecule has 1 heterocycles. The van der Waals surface area contributed by atoms with Gasteiger partial charge in [0.25, 0.3) is 0 Å². The Morgan fingerprint density at radius 2 is 1.90 bits per heavy atom. The number of rotatable bonds is 2. The molecular formula is C17H18FNO. The molecule has 0 saturated heterocycles. The van der Waals surface area contributed by atoms with Crippen molar-refractivity contribution >= 4 is 0 Å². The Hall–Kier alpha value is -1.87. The lowest BCUT2D eigenvalue weighted by Gasteiger charge is -2.20. The maximum Gasteiger partial charge on any atom is 0.126 e. The summed E-state index contributed by atoms with van der Waals surface area (Å²) in [5.74, 6) is 0.738. The average molecular weight is 271 g/mol.